The molecule has 0 aromatic heterocycles. The first-order chi connectivity index (χ1) is 14.2. The van der Waals surface area contributed by atoms with E-state index in [1.165, 1.54) is 0 Å². The summed E-state index contributed by atoms with van der Waals surface area (Å²) in [5.74, 6) is 1.25. The molecule has 2 aromatic rings. The molecule has 0 aliphatic carbocycles. The predicted octanol–water partition coefficient (Wildman–Crippen LogP) is 3.44. The molecule has 0 radical (unpaired) electrons. The van der Waals surface area contributed by atoms with Crippen LogP contribution in [0.4, 0.5) is 0 Å². The van der Waals surface area contributed by atoms with E-state index in [9.17, 15) is 9.59 Å². The first kappa shape index (κ1) is 21.1. The highest BCUT2D eigenvalue weighted by Gasteiger charge is 2.21. The summed E-state index contributed by atoms with van der Waals surface area (Å²) in [5.41, 5.74) is 1.86. The summed E-state index contributed by atoms with van der Waals surface area (Å²) >= 11 is 0. The molecule has 0 atom stereocenters. The molecule has 1 fully saturated rings. The minimum atomic E-state index is 0.204. The Morgan fingerprint density at radius 2 is 1.59 bits per heavy atom. The number of Topliss-reactive ketones (excluding diaryl/α,β-unsaturated/α-hetero) is 1. The molecule has 1 saturated heterocycles. The highest BCUT2D eigenvalue weighted by Crippen LogP contribution is 2.19. The van der Waals surface area contributed by atoms with Gasteiger partial charge in [0.25, 0.3) is 0 Å². The minimum Gasteiger partial charge on any atom is -0.496 e. The van der Waals surface area contributed by atoms with Gasteiger partial charge in [-0.1, -0.05) is 48.5 Å². The van der Waals surface area contributed by atoms with Gasteiger partial charge < -0.3 is 9.64 Å². The Balaban J connectivity index is 1.35. The molecule has 2 aromatic carbocycles. The number of rotatable bonds is 9. The largest absolute Gasteiger partial charge is 0.496 e. The van der Waals surface area contributed by atoms with E-state index in [4.69, 9.17) is 4.74 Å². The van der Waals surface area contributed by atoms with Crippen LogP contribution < -0.4 is 4.74 Å². The molecule has 0 N–H and O–H groups in total. The molecule has 1 amide bonds. The number of aryl methyl sites for hydroxylation is 1. The summed E-state index contributed by atoms with van der Waals surface area (Å²) < 4.78 is 5.36. The maximum atomic E-state index is 12.6. The molecule has 1 heterocycles. The molecule has 0 bridgehead atoms. The average Bonchev–Trinajstić information content (AvgIpc) is 2.78. The molecular weight excluding hydrogens is 364 g/mol. The first-order valence-electron chi connectivity index (χ1n) is 10.4. The molecule has 5 heteroatoms. The zero-order valence-corrected chi connectivity index (χ0v) is 17.2. The molecule has 5 nitrogen and oxygen atoms in total. The van der Waals surface area contributed by atoms with Crippen molar-refractivity contribution >= 4 is 11.7 Å². The number of carbonyl (C=O) groups excluding carboxylic acids is 2. The SMILES string of the molecule is COc1ccccc1CCC(=O)N1CCN(CCCC(=O)c2ccccc2)CC1. The van der Waals surface area contributed by atoms with Gasteiger partial charge in [-0.3, -0.25) is 14.5 Å². The third-order valence-electron chi connectivity index (χ3n) is 5.50. The Kier molecular flexibility index (Phi) is 7.82. The van der Waals surface area contributed by atoms with Crippen molar-refractivity contribution in [2.45, 2.75) is 25.7 Å². The van der Waals surface area contributed by atoms with Crippen molar-refractivity contribution < 1.29 is 14.3 Å². The van der Waals surface area contributed by atoms with Crippen molar-refractivity contribution in [2.24, 2.45) is 0 Å². The highest BCUT2D eigenvalue weighted by atomic mass is 16.5. The predicted molar refractivity (Wildman–Crippen MR) is 114 cm³/mol. The van der Waals surface area contributed by atoms with E-state index in [0.29, 0.717) is 19.3 Å². The van der Waals surface area contributed by atoms with Crippen LogP contribution in [-0.4, -0.2) is 61.3 Å². The third kappa shape index (κ3) is 6.16. The quantitative estimate of drug-likeness (QED) is 0.612. The van der Waals surface area contributed by atoms with Crippen LogP contribution in [-0.2, 0) is 11.2 Å². The van der Waals surface area contributed by atoms with Crippen molar-refractivity contribution in [2.75, 3.05) is 39.8 Å². The number of piperazine rings is 1. The van der Waals surface area contributed by atoms with Gasteiger partial charge in [-0.25, -0.2) is 0 Å². The van der Waals surface area contributed by atoms with Crippen LogP contribution in [0, 0.1) is 0 Å². The fourth-order valence-electron chi connectivity index (χ4n) is 3.76. The third-order valence-corrected chi connectivity index (χ3v) is 5.50. The fraction of sp³-hybridized carbons (Fsp3) is 0.417. The van der Waals surface area contributed by atoms with E-state index < -0.39 is 0 Å². The van der Waals surface area contributed by atoms with Crippen molar-refractivity contribution in [3.63, 3.8) is 0 Å². The van der Waals surface area contributed by atoms with Crippen LogP contribution in [0.5, 0.6) is 5.75 Å². The van der Waals surface area contributed by atoms with Crippen LogP contribution >= 0.6 is 0 Å². The average molecular weight is 395 g/mol. The van der Waals surface area contributed by atoms with Gasteiger partial charge in [0.05, 0.1) is 7.11 Å². The molecule has 0 spiro atoms. The standard InChI is InChI=1S/C24H30N2O3/c1-29-23-12-6-5-10-21(23)13-14-24(28)26-18-16-25(17-19-26)15-7-11-22(27)20-8-3-2-4-9-20/h2-6,8-10,12H,7,11,13-19H2,1H3. The lowest BCUT2D eigenvalue weighted by molar-refractivity contribution is -0.132. The zero-order chi connectivity index (χ0) is 20.5. The van der Waals surface area contributed by atoms with Crippen LogP contribution in [0.3, 0.4) is 0 Å². The molecule has 0 saturated carbocycles. The second-order valence-corrected chi connectivity index (χ2v) is 7.43. The number of ether oxygens (including phenoxy) is 1. The maximum Gasteiger partial charge on any atom is 0.222 e. The van der Waals surface area contributed by atoms with E-state index in [0.717, 1.165) is 56.0 Å². The number of methoxy groups -OCH3 is 1. The van der Waals surface area contributed by atoms with Crippen molar-refractivity contribution in [3.05, 3.63) is 65.7 Å². The molecule has 154 valence electrons. The van der Waals surface area contributed by atoms with Gasteiger partial charge >= 0.3 is 0 Å². The molecule has 29 heavy (non-hydrogen) atoms. The van der Waals surface area contributed by atoms with Gasteiger partial charge in [0.15, 0.2) is 5.78 Å². The van der Waals surface area contributed by atoms with Crippen molar-refractivity contribution in [3.8, 4) is 5.75 Å². The molecule has 1 aliphatic rings. The molecule has 3 rings (SSSR count). The Labute approximate surface area is 173 Å². The Morgan fingerprint density at radius 1 is 0.897 bits per heavy atom. The summed E-state index contributed by atoms with van der Waals surface area (Å²) in [6.45, 7) is 4.18. The number of amides is 1. The lowest BCUT2D eigenvalue weighted by atomic mass is 10.1. The number of nitrogens with zero attached hydrogens (tertiary/aromatic N) is 2. The van der Waals surface area contributed by atoms with Gasteiger partial charge in [0.1, 0.15) is 5.75 Å². The number of para-hydroxylation sites is 1. The Bertz CT molecular complexity index is 799. The van der Waals surface area contributed by atoms with Crippen LogP contribution in [0.15, 0.2) is 54.6 Å². The lowest BCUT2D eigenvalue weighted by Crippen LogP contribution is -2.48. The van der Waals surface area contributed by atoms with Crippen molar-refractivity contribution in [1.82, 2.24) is 9.80 Å². The van der Waals surface area contributed by atoms with E-state index in [1.807, 2.05) is 59.5 Å². The van der Waals surface area contributed by atoms with E-state index in [-0.39, 0.29) is 11.7 Å². The Morgan fingerprint density at radius 3 is 2.31 bits per heavy atom. The van der Waals surface area contributed by atoms with Gasteiger partial charge in [0, 0.05) is 44.6 Å². The second kappa shape index (κ2) is 10.8. The van der Waals surface area contributed by atoms with Crippen LogP contribution in [0.25, 0.3) is 0 Å². The van der Waals surface area contributed by atoms with Gasteiger partial charge in [-0.05, 0) is 31.0 Å². The second-order valence-electron chi connectivity index (χ2n) is 7.43. The normalized spacial score (nSPS) is 14.6. The number of ketones is 1. The smallest absolute Gasteiger partial charge is 0.222 e. The highest BCUT2D eigenvalue weighted by molar-refractivity contribution is 5.95. The molecule has 1 aliphatic heterocycles. The summed E-state index contributed by atoms with van der Waals surface area (Å²) in [7, 11) is 1.66. The van der Waals surface area contributed by atoms with Gasteiger partial charge in [0.2, 0.25) is 5.91 Å². The number of hydrogen-bond acceptors (Lipinski definition) is 4. The van der Waals surface area contributed by atoms with Crippen LogP contribution in [0.1, 0.15) is 35.2 Å². The summed E-state index contributed by atoms with van der Waals surface area (Å²) in [6, 6.07) is 17.3. The Hall–Kier alpha value is -2.66. The topological polar surface area (TPSA) is 49.9 Å². The number of carbonyl (C=O) groups is 2. The first-order valence-corrected chi connectivity index (χ1v) is 10.4. The fourth-order valence-corrected chi connectivity index (χ4v) is 3.76. The monoisotopic (exact) mass is 394 g/mol. The summed E-state index contributed by atoms with van der Waals surface area (Å²) in [4.78, 5) is 29.1. The number of benzene rings is 2. The number of hydrogen-bond donors (Lipinski definition) is 0. The molecule has 0 unspecified atom stereocenters. The summed E-state index contributed by atoms with van der Waals surface area (Å²) in [5, 5.41) is 0. The van der Waals surface area contributed by atoms with Gasteiger partial charge in [-0.15, -0.1) is 0 Å². The molecular formula is C24H30N2O3. The van der Waals surface area contributed by atoms with Crippen molar-refractivity contribution in [1.29, 1.82) is 0 Å². The lowest BCUT2D eigenvalue weighted by Gasteiger charge is -2.34. The van der Waals surface area contributed by atoms with Gasteiger partial charge in [-0.2, -0.15) is 0 Å². The minimum absolute atomic E-state index is 0.204. The van der Waals surface area contributed by atoms with E-state index in [1.54, 1.807) is 7.11 Å². The maximum absolute atomic E-state index is 12.6. The van der Waals surface area contributed by atoms with E-state index >= 15 is 0 Å². The van der Waals surface area contributed by atoms with E-state index in [2.05, 4.69) is 4.90 Å². The summed E-state index contributed by atoms with van der Waals surface area (Å²) in [6.07, 6.45) is 2.63. The van der Waals surface area contributed by atoms with Crippen LogP contribution in [0.2, 0.25) is 0 Å². The zero-order valence-electron chi connectivity index (χ0n) is 17.2.